The van der Waals surface area contributed by atoms with Crippen LogP contribution in [-0.2, 0) is 0 Å². The zero-order valence-electron chi connectivity index (χ0n) is 8.96. The van der Waals surface area contributed by atoms with Gasteiger partial charge >= 0.3 is 5.97 Å². The number of rotatable bonds is 4. The van der Waals surface area contributed by atoms with Gasteiger partial charge in [-0.15, -0.1) is 0 Å². The topological polar surface area (TPSA) is 79.7 Å². The first-order valence-electron chi connectivity index (χ1n) is 5.08. The Labute approximate surface area is 97.3 Å². The zero-order chi connectivity index (χ0) is 12.3. The highest BCUT2D eigenvalue weighted by Gasteiger charge is 2.16. The van der Waals surface area contributed by atoms with Gasteiger partial charge in [0.05, 0.1) is 18.3 Å². The van der Waals surface area contributed by atoms with Crippen LogP contribution in [0.1, 0.15) is 10.4 Å². The first-order valence-corrected chi connectivity index (χ1v) is 5.08. The number of fused-ring (bicyclic) bond motifs is 1. The molecule has 0 atom stereocenters. The normalized spacial score (nSPS) is 10.4. The van der Waals surface area contributed by atoms with Crippen LogP contribution in [0.5, 0.6) is 5.75 Å². The van der Waals surface area contributed by atoms with Gasteiger partial charge in [-0.05, 0) is 6.07 Å². The van der Waals surface area contributed by atoms with Crippen molar-refractivity contribution in [3.8, 4) is 5.75 Å². The van der Waals surface area contributed by atoms with E-state index in [4.69, 9.17) is 9.84 Å². The molecule has 0 radical (unpaired) electrons. The summed E-state index contributed by atoms with van der Waals surface area (Å²) in [6.45, 7) is -0.133. The van der Waals surface area contributed by atoms with Gasteiger partial charge in [-0.3, -0.25) is 4.98 Å². The molecule has 2 N–H and O–H groups in total. The van der Waals surface area contributed by atoms with E-state index < -0.39 is 5.97 Å². The Morgan fingerprint density at radius 2 is 2.12 bits per heavy atom. The van der Waals surface area contributed by atoms with Crippen LogP contribution in [0.4, 0.5) is 0 Å². The molecule has 1 aromatic carbocycles. The zero-order valence-corrected chi connectivity index (χ0v) is 8.96. The second kappa shape index (κ2) is 4.80. The molecule has 17 heavy (non-hydrogen) atoms. The molecule has 2 aromatic rings. The summed E-state index contributed by atoms with van der Waals surface area (Å²) in [5, 5.41) is 18.4. The van der Waals surface area contributed by atoms with Gasteiger partial charge in [-0.25, -0.2) is 4.79 Å². The number of carboxylic acids is 1. The molecule has 1 heterocycles. The van der Waals surface area contributed by atoms with Crippen molar-refractivity contribution in [1.29, 1.82) is 0 Å². The molecule has 0 aliphatic heterocycles. The lowest BCUT2D eigenvalue weighted by molar-refractivity contribution is 0.0693. The van der Waals surface area contributed by atoms with Crippen molar-refractivity contribution >= 4 is 16.9 Å². The lowest BCUT2D eigenvalue weighted by Gasteiger charge is -2.09. The van der Waals surface area contributed by atoms with Crippen LogP contribution in [0.15, 0.2) is 30.5 Å². The number of aromatic nitrogens is 1. The average Bonchev–Trinajstić information content (AvgIpc) is 2.35. The Morgan fingerprint density at radius 3 is 2.82 bits per heavy atom. The van der Waals surface area contributed by atoms with Crippen molar-refractivity contribution in [3.05, 3.63) is 36.0 Å². The van der Waals surface area contributed by atoms with Gasteiger partial charge in [0.15, 0.2) is 5.75 Å². The molecular weight excluding hydrogens is 222 g/mol. The second-order valence-corrected chi connectivity index (χ2v) is 3.39. The Bertz CT molecular complexity index is 553. The van der Waals surface area contributed by atoms with E-state index in [1.165, 1.54) is 6.20 Å². The third-order valence-corrected chi connectivity index (χ3v) is 2.30. The minimum Gasteiger partial charge on any atom is -0.489 e. The molecule has 0 aliphatic carbocycles. The standard InChI is InChI=1S/C12H11NO4/c14-5-6-17-10-7-13-9-4-2-1-3-8(9)11(10)12(15)16/h1-4,7,14H,5-6H2,(H,15,16). The number of carboxylic acid groups (broad SMARTS) is 1. The maximum atomic E-state index is 11.2. The van der Waals surface area contributed by atoms with E-state index in [0.29, 0.717) is 10.9 Å². The molecule has 2 rings (SSSR count). The van der Waals surface area contributed by atoms with Crippen molar-refractivity contribution in [3.63, 3.8) is 0 Å². The van der Waals surface area contributed by atoms with E-state index in [-0.39, 0.29) is 24.5 Å². The predicted octanol–water partition coefficient (Wildman–Crippen LogP) is 1.30. The molecule has 0 aliphatic rings. The Balaban J connectivity index is 2.60. The van der Waals surface area contributed by atoms with Crippen LogP contribution in [-0.4, -0.2) is 34.4 Å². The molecule has 0 saturated heterocycles. The van der Waals surface area contributed by atoms with Crippen LogP contribution in [0.2, 0.25) is 0 Å². The number of hydrogen-bond acceptors (Lipinski definition) is 4. The molecule has 5 nitrogen and oxygen atoms in total. The number of nitrogens with zero attached hydrogens (tertiary/aromatic N) is 1. The largest absolute Gasteiger partial charge is 0.489 e. The summed E-state index contributed by atoms with van der Waals surface area (Å²) in [5.74, 6) is -0.901. The monoisotopic (exact) mass is 233 g/mol. The van der Waals surface area contributed by atoms with E-state index >= 15 is 0 Å². The summed E-state index contributed by atoms with van der Waals surface area (Å²) in [6, 6.07) is 6.94. The first kappa shape index (κ1) is 11.3. The predicted molar refractivity (Wildman–Crippen MR) is 61.3 cm³/mol. The lowest BCUT2D eigenvalue weighted by Crippen LogP contribution is -2.08. The van der Waals surface area contributed by atoms with Crippen molar-refractivity contribution in [2.45, 2.75) is 0 Å². The van der Waals surface area contributed by atoms with Crippen molar-refractivity contribution in [2.75, 3.05) is 13.2 Å². The number of aromatic carboxylic acids is 1. The number of carbonyl (C=O) groups is 1. The number of para-hydroxylation sites is 1. The summed E-state index contributed by atoms with van der Waals surface area (Å²) in [7, 11) is 0. The molecular formula is C12H11NO4. The third kappa shape index (κ3) is 2.19. The molecule has 5 heteroatoms. The van der Waals surface area contributed by atoms with Gasteiger partial charge in [0.2, 0.25) is 0 Å². The summed E-state index contributed by atoms with van der Waals surface area (Å²) in [6.07, 6.45) is 1.36. The molecule has 0 spiro atoms. The van der Waals surface area contributed by atoms with Crippen LogP contribution in [0, 0.1) is 0 Å². The molecule has 0 amide bonds. The number of aliphatic hydroxyl groups is 1. The van der Waals surface area contributed by atoms with Crippen molar-refractivity contribution < 1.29 is 19.7 Å². The lowest BCUT2D eigenvalue weighted by atomic mass is 10.1. The minimum atomic E-state index is -1.07. The molecule has 0 saturated carbocycles. The Hall–Kier alpha value is -2.14. The van der Waals surface area contributed by atoms with E-state index in [1.807, 2.05) is 0 Å². The number of ether oxygens (including phenoxy) is 1. The van der Waals surface area contributed by atoms with Crippen LogP contribution in [0.3, 0.4) is 0 Å². The Kier molecular flexibility index (Phi) is 3.20. The third-order valence-electron chi connectivity index (χ3n) is 2.30. The minimum absolute atomic E-state index is 0.0420. The van der Waals surface area contributed by atoms with E-state index in [1.54, 1.807) is 24.3 Å². The number of hydrogen-bond donors (Lipinski definition) is 2. The maximum Gasteiger partial charge on any atom is 0.340 e. The summed E-state index contributed by atoms with van der Waals surface area (Å²) >= 11 is 0. The van der Waals surface area contributed by atoms with Crippen molar-refractivity contribution in [2.24, 2.45) is 0 Å². The van der Waals surface area contributed by atoms with Gasteiger partial charge in [-0.1, -0.05) is 18.2 Å². The Morgan fingerprint density at radius 1 is 1.35 bits per heavy atom. The number of benzene rings is 1. The number of aliphatic hydroxyl groups excluding tert-OH is 1. The van der Waals surface area contributed by atoms with Crippen molar-refractivity contribution in [1.82, 2.24) is 4.98 Å². The molecule has 1 aromatic heterocycles. The molecule has 0 fully saturated rings. The fourth-order valence-electron chi connectivity index (χ4n) is 1.61. The van der Waals surface area contributed by atoms with E-state index in [0.717, 1.165) is 0 Å². The number of pyridine rings is 1. The van der Waals surface area contributed by atoms with Crippen LogP contribution in [0.25, 0.3) is 10.9 Å². The maximum absolute atomic E-state index is 11.2. The first-order chi connectivity index (χ1) is 8.24. The van der Waals surface area contributed by atoms with E-state index in [2.05, 4.69) is 4.98 Å². The second-order valence-electron chi connectivity index (χ2n) is 3.39. The smallest absolute Gasteiger partial charge is 0.340 e. The molecule has 0 bridgehead atoms. The highest BCUT2D eigenvalue weighted by Crippen LogP contribution is 2.25. The summed E-state index contributed by atoms with van der Waals surface area (Å²) in [4.78, 5) is 15.3. The van der Waals surface area contributed by atoms with Gasteiger partial charge in [0, 0.05) is 5.39 Å². The highest BCUT2D eigenvalue weighted by atomic mass is 16.5. The highest BCUT2D eigenvalue weighted by molar-refractivity contribution is 6.04. The fraction of sp³-hybridized carbons (Fsp3) is 0.167. The van der Waals surface area contributed by atoms with Gasteiger partial charge in [0.25, 0.3) is 0 Å². The fourth-order valence-corrected chi connectivity index (χ4v) is 1.61. The summed E-state index contributed by atoms with van der Waals surface area (Å²) in [5.41, 5.74) is 0.672. The SMILES string of the molecule is O=C(O)c1c(OCCO)cnc2ccccc12. The quantitative estimate of drug-likeness (QED) is 0.832. The van der Waals surface area contributed by atoms with E-state index in [9.17, 15) is 9.90 Å². The average molecular weight is 233 g/mol. The summed E-state index contributed by atoms with van der Waals surface area (Å²) < 4.78 is 5.16. The molecule has 0 unspecified atom stereocenters. The molecule has 88 valence electrons. The van der Waals surface area contributed by atoms with Gasteiger partial charge in [0.1, 0.15) is 12.2 Å². The van der Waals surface area contributed by atoms with Gasteiger partial charge in [-0.2, -0.15) is 0 Å². The van der Waals surface area contributed by atoms with Crippen LogP contribution >= 0.6 is 0 Å². The van der Waals surface area contributed by atoms with Gasteiger partial charge < -0.3 is 14.9 Å². The van der Waals surface area contributed by atoms with Crippen LogP contribution < -0.4 is 4.74 Å².